The Morgan fingerprint density at radius 2 is 1.70 bits per heavy atom. The second-order valence-corrected chi connectivity index (χ2v) is 5.52. The normalized spacial score (nSPS) is 12.7. The first kappa shape index (κ1) is 15.1. The summed E-state index contributed by atoms with van der Waals surface area (Å²) in [5, 5.41) is 3.39. The van der Waals surface area contributed by atoms with E-state index in [0.29, 0.717) is 6.54 Å². The molecule has 20 heavy (non-hydrogen) atoms. The largest absolute Gasteiger partial charge is 0.306 e. The standard InChI is InChI=1S/C16H16BrF2N/c1-11(14-4-2-3-5-15(14)17)20-10-12-6-8-13(9-7-12)16(18)19/h2-9,11,16,20H,10H2,1H3. The fourth-order valence-electron chi connectivity index (χ4n) is 1.99. The lowest BCUT2D eigenvalue weighted by Gasteiger charge is -2.16. The summed E-state index contributed by atoms with van der Waals surface area (Å²) in [6.45, 7) is 2.72. The zero-order chi connectivity index (χ0) is 14.5. The first-order valence-electron chi connectivity index (χ1n) is 6.42. The highest BCUT2D eigenvalue weighted by Crippen LogP contribution is 2.23. The summed E-state index contributed by atoms with van der Waals surface area (Å²) in [5.74, 6) is 0. The van der Waals surface area contributed by atoms with Crippen molar-refractivity contribution >= 4 is 15.9 Å². The third kappa shape index (κ3) is 3.87. The molecular formula is C16H16BrF2N. The van der Waals surface area contributed by atoms with E-state index in [-0.39, 0.29) is 11.6 Å². The number of hydrogen-bond donors (Lipinski definition) is 1. The van der Waals surface area contributed by atoms with Crippen LogP contribution < -0.4 is 5.32 Å². The molecule has 0 amide bonds. The van der Waals surface area contributed by atoms with Crippen molar-refractivity contribution < 1.29 is 8.78 Å². The molecule has 0 bridgehead atoms. The lowest BCUT2D eigenvalue weighted by Crippen LogP contribution is -2.18. The van der Waals surface area contributed by atoms with Gasteiger partial charge in [0, 0.05) is 22.6 Å². The SMILES string of the molecule is CC(NCc1ccc(C(F)F)cc1)c1ccccc1Br. The molecular weight excluding hydrogens is 324 g/mol. The van der Waals surface area contributed by atoms with E-state index < -0.39 is 6.43 Å². The summed E-state index contributed by atoms with van der Waals surface area (Å²) in [5.41, 5.74) is 2.23. The molecule has 0 spiro atoms. The van der Waals surface area contributed by atoms with E-state index in [0.717, 1.165) is 10.0 Å². The lowest BCUT2D eigenvalue weighted by atomic mass is 10.1. The Morgan fingerprint density at radius 3 is 2.30 bits per heavy atom. The molecule has 1 nitrogen and oxygen atoms in total. The average molecular weight is 340 g/mol. The molecule has 4 heteroatoms. The van der Waals surface area contributed by atoms with Gasteiger partial charge in [-0.2, -0.15) is 0 Å². The molecule has 1 unspecified atom stereocenters. The second-order valence-electron chi connectivity index (χ2n) is 4.67. The highest BCUT2D eigenvalue weighted by Gasteiger charge is 2.09. The minimum atomic E-state index is -2.41. The molecule has 0 aliphatic rings. The number of benzene rings is 2. The van der Waals surface area contributed by atoms with Crippen LogP contribution in [0.1, 0.15) is 36.1 Å². The van der Waals surface area contributed by atoms with E-state index in [1.54, 1.807) is 12.1 Å². The van der Waals surface area contributed by atoms with E-state index in [2.05, 4.69) is 34.2 Å². The summed E-state index contributed by atoms with van der Waals surface area (Å²) < 4.78 is 26.0. The highest BCUT2D eigenvalue weighted by atomic mass is 79.9. The van der Waals surface area contributed by atoms with Gasteiger partial charge in [-0.1, -0.05) is 58.4 Å². The smallest absolute Gasteiger partial charge is 0.263 e. The Kier molecular flexibility index (Phi) is 5.26. The van der Waals surface area contributed by atoms with Gasteiger partial charge in [0.25, 0.3) is 6.43 Å². The first-order chi connectivity index (χ1) is 9.58. The molecule has 0 saturated heterocycles. The Balaban J connectivity index is 1.96. The molecule has 0 aliphatic carbocycles. The van der Waals surface area contributed by atoms with E-state index in [4.69, 9.17) is 0 Å². The summed E-state index contributed by atoms with van der Waals surface area (Å²) in [6, 6.07) is 14.6. The Morgan fingerprint density at radius 1 is 1.05 bits per heavy atom. The first-order valence-corrected chi connectivity index (χ1v) is 7.22. The van der Waals surface area contributed by atoms with Crippen LogP contribution in [-0.4, -0.2) is 0 Å². The minimum Gasteiger partial charge on any atom is -0.306 e. The van der Waals surface area contributed by atoms with Crippen LogP contribution in [-0.2, 0) is 6.54 Å². The summed E-state index contributed by atoms with van der Waals surface area (Å²) in [6.07, 6.45) is -2.41. The van der Waals surface area contributed by atoms with Crippen LogP contribution in [0.2, 0.25) is 0 Å². The van der Waals surface area contributed by atoms with E-state index in [1.807, 2.05) is 18.2 Å². The van der Waals surface area contributed by atoms with Gasteiger partial charge in [-0.3, -0.25) is 0 Å². The van der Waals surface area contributed by atoms with Gasteiger partial charge in [-0.15, -0.1) is 0 Å². The quantitative estimate of drug-likeness (QED) is 0.785. The van der Waals surface area contributed by atoms with Crippen LogP contribution in [0.25, 0.3) is 0 Å². The predicted octanol–water partition coefficient (Wildman–Crippen LogP) is 5.24. The van der Waals surface area contributed by atoms with Gasteiger partial charge in [-0.05, 0) is 24.1 Å². The van der Waals surface area contributed by atoms with Gasteiger partial charge in [-0.25, -0.2) is 8.78 Å². The second kappa shape index (κ2) is 6.95. The van der Waals surface area contributed by atoms with Crippen LogP contribution in [0.15, 0.2) is 53.0 Å². The van der Waals surface area contributed by atoms with E-state index in [1.165, 1.54) is 17.7 Å². The van der Waals surface area contributed by atoms with Crippen LogP contribution in [0.4, 0.5) is 8.78 Å². The number of alkyl halides is 2. The molecule has 1 atom stereocenters. The van der Waals surface area contributed by atoms with Crippen molar-refractivity contribution in [2.24, 2.45) is 0 Å². The van der Waals surface area contributed by atoms with Gasteiger partial charge < -0.3 is 5.32 Å². The van der Waals surface area contributed by atoms with Gasteiger partial charge in [0.05, 0.1) is 0 Å². The zero-order valence-electron chi connectivity index (χ0n) is 11.1. The maximum Gasteiger partial charge on any atom is 0.263 e. The zero-order valence-corrected chi connectivity index (χ0v) is 12.7. The summed E-state index contributed by atoms with van der Waals surface area (Å²) >= 11 is 3.53. The Bertz CT molecular complexity index is 555. The van der Waals surface area contributed by atoms with Gasteiger partial charge in [0.1, 0.15) is 0 Å². The number of rotatable bonds is 5. The minimum absolute atomic E-state index is 0.0626. The van der Waals surface area contributed by atoms with Crippen molar-refractivity contribution in [3.05, 3.63) is 69.7 Å². The third-order valence-corrected chi connectivity index (χ3v) is 3.94. The third-order valence-electron chi connectivity index (χ3n) is 3.22. The number of nitrogens with one attached hydrogen (secondary N) is 1. The lowest BCUT2D eigenvalue weighted by molar-refractivity contribution is 0.151. The van der Waals surface area contributed by atoms with Crippen LogP contribution in [0.5, 0.6) is 0 Å². The van der Waals surface area contributed by atoms with E-state index in [9.17, 15) is 8.78 Å². The van der Waals surface area contributed by atoms with Gasteiger partial charge in [0.15, 0.2) is 0 Å². The monoisotopic (exact) mass is 339 g/mol. The Hall–Kier alpha value is -1.26. The molecule has 0 aliphatic heterocycles. The average Bonchev–Trinajstić information content (AvgIpc) is 2.45. The van der Waals surface area contributed by atoms with Crippen molar-refractivity contribution in [2.45, 2.75) is 25.9 Å². The van der Waals surface area contributed by atoms with Crippen molar-refractivity contribution in [2.75, 3.05) is 0 Å². The number of hydrogen-bond acceptors (Lipinski definition) is 1. The van der Waals surface area contributed by atoms with Gasteiger partial charge in [0.2, 0.25) is 0 Å². The van der Waals surface area contributed by atoms with Crippen LogP contribution >= 0.6 is 15.9 Å². The summed E-state index contributed by atoms with van der Waals surface area (Å²) in [7, 11) is 0. The number of halogens is 3. The molecule has 0 aromatic heterocycles. The molecule has 2 aromatic rings. The molecule has 1 N–H and O–H groups in total. The molecule has 0 saturated carbocycles. The molecule has 0 heterocycles. The molecule has 2 aromatic carbocycles. The topological polar surface area (TPSA) is 12.0 Å². The van der Waals surface area contributed by atoms with Crippen molar-refractivity contribution in [1.29, 1.82) is 0 Å². The van der Waals surface area contributed by atoms with Crippen LogP contribution in [0.3, 0.4) is 0 Å². The molecule has 0 radical (unpaired) electrons. The maximum atomic E-state index is 12.5. The molecule has 106 valence electrons. The Labute approximate surface area is 126 Å². The van der Waals surface area contributed by atoms with Crippen molar-refractivity contribution in [3.8, 4) is 0 Å². The maximum absolute atomic E-state index is 12.5. The van der Waals surface area contributed by atoms with Crippen molar-refractivity contribution in [1.82, 2.24) is 5.32 Å². The summed E-state index contributed by atoms with van der Waals surface area (Å²) in [4.78, 5) is 0. The van der Waals surface area contributed by atoms with Gasteiger partial charge >= 0.3 is 0 Å². The predicted molar refractivity (Wildman–Crippen MR) is 80.8 cm³/mol. The van der Waals surface area contributed by atoms with Crippen molar-refractivity contribution in [3.63, 3.8) is 0 Å². The van der Waals surface area contributed by atoms with E-state index >= 15 is 0 Å². The van der Waals surface area contributed by atoms with Crippen LogP contribution in [0, 0.1) is 0 Å². The molecule has 2 rings (SSSR count). The molecule has 0 fully saturated rings. The highest BCUT2D eigenvalue weighted by molar-refractivity contribution is 9.10. The fourth-order valence-corrected chi connectivity index (χ4v) is 2.62. The fraction of sp³-hybridized carbons (Fsp3) is 0.250.